The van der Waals surface area contributed by atoms with Gasteiger partial charge in [-0.1, -0.05) is 23.2 Å². The molecular formula is C13H7BrCl2FN3. The average molecular weight is 375 g/mol. The number of hydrogen-bond acceptors (Lipinski definition) is 2. The van der Waals surface area contributed by atoms with Gasteiger partial charge in [-0.2, -0.15) is 0 Å². The van der Waals surface area contributed by atoms with E-state index in [4.69, 9.17) is 28.9 Å². The molecule has 0 unspecified atom stereocenters. The van der Waals surface area contributed by atoms with E-state index in [1.807, 2.05) is 0 Å². The largest absolute Gasteiger partial charge is 0.369 e. The third-order valence-electron chi connectivity index (χ3n) is 2.88. The number of benzene rings is 2. The highest BCUT2D eigenvalue weighted by molar-refractivity contribution is 9.10. The maximum atomic E-state index is 13.7. The summed E-state index contributed by atoms with van der Waals surface area (Å²) in [7, 11) is 0. The number of aromatic nitrogens is 2. The highest BCUT2D eigenvalue weighted by atomic mass is 79.9. The van der Waals surface area contributed by atoms with Crippen molar-refractivity contribution in [2.24, 2.45) is 0 Å². The Labute approximate surface area is 132 Å². The molecule has 1 aromatic heterocycles. The van der Waals surface area contributed by atoms with Gasteiger partial charge < -0.3 is 5.73 Å². The standard InChI is InChI=1S/C13H7BrCl2FN3/c14-7-4-11-12(5-10(7)17)20(13(18)19-11)6-1-2-8(15)9(16)3-6/h1-5H,(H2,18,19). The maximum Gasteiger partial charge on any atom is 0.205 e. The predicted molar refractivity (Wildman–Crippen MR) is 83.2 cm³/mol. The molecule has 0 aliphatic carbocycles. The van der Waals surface area contributed by atoms with Crippen molar-refractivity contribution >= 4 is 56.1 Å². The monoisotopic (exact) mass is 373 g/mol. The second-order valence-electron chi connectivity index (χ2n) is 4.16. The van der Waals surface area contributed by atoms with E-state index in [-0.39, 0.29) is 5.95 Å². The van der Waals surface area contributed by atoms with Crippen molar-refractivity contribution < 1.29 is 4.39 Å². The topological polar surface area (TPSA) is 43.8 Å². The minimum absolute atomic E-state index is 0.246. The number of hydrogen-bond donors (Lipinski definition) is 1. The summed E-state index contributed by atoms with van der Waals surface area (Å²) in [6, 6.07) is 7.99. The Bertz CT molecular complexity index is 832. The lowest BCUT2D eigenvalue weighted by molar-refractivity contribution is 0.622. The van der Waals surface area contributed by atoms with Gasteiger partial charge in [0.1, 0.15) is 5.82 Å². The minimum atomic E-state index is -0.390. The van der Waals surface area contributed by atoms with Crippen molar-refractivity contribution in [3.8, 4) is 5.69 Å². The quantitative estimate of drug-likeness (QED) is 0.663. The average Bonchev–Trinajstić information content (AvgIpc) is 2.69. The molecule has 20 heavy (non-hydrogen) atoms. The van der Waals surface area contributed by atoms with Gasteiger partial charge in [-0.3, -0.25) is 4.57 Å². The number of anilines is 1. The first-order chi connectivity index (χ1) is 9.47. The van der Waals surface area contributed by atoms with Crippen LogP contribution in [0.4, 0.5) is 10.3 Å². The van der Waals surface area contributed by atoms with Crippen LogP contribution in [0.3, 0.4) is 0 Å². The Balaban J connectivity index is 2.32. The van der Waals surface area contributed by atoms with Crippen LogP contribution in [0.2, 0.25) is 10.0 Å². The predicted octanol–water partition coefficient (Wildman–Crippen LogP) is 4.82. The Morgan fingerprint density at radius 3 is 2.60 bits per heavy atom. The lowest BCUT2D eigenvalue weighted by atomic mass is 10.2. The van der Waals surface area contributed by atoms with Crippen LogP contribution in [-0.4, -0.2) is 9.55 Å². The number of halogens is 4. The smallest absolute Gasteiger partial charge is 0.205 e. The molecule has 0 aliphatic heterocycles. The molecule has 2 aromatic carbocycles. The zero-order valence-electron chi connectivity index (χ0n) is 9.87. The third-order valence-corrected chi connectivity index (χ3v) is 4.23. The van der Waals surface area contributed by atoms with Gasteiger partial charge in [-0.15, -0.1) is 0 Å². The second-order valence-corrected chi connectivity index (χ2v) is 5.83. The van der Waals surface area contributed by atoms with Gasteiger partial charge in [0, 0.05) is 6.07 Å². The van der Waals surface area contributed by atoms with Crippen LogP contribution < -0.4 is 5.73 Å². The summed E-state index contributed by atoms with van der Waals surface area (Å²) in [4.78, 5) is 4.21. The lowest BCUT2D eigenvalue weighted by Gasteiger charge is -2.08. The fourth-order valence-corrected chi connectivity index (χ4v) is 2.61. The number of imidazole rings is 1. The summed E-state index contributed by atoms with van der Waals surface area (Å²) >= 11 is 15.0. The molecule has 0 saturated carbocycles. The summed E-state index contributed by atoms with van der Waals surface area (Å²) in [6.45, 7) is 0. The SMILES string of the molecule is Nc1nc2cc(Br)c(F)cc2n1-c1ccc(Cl)c(Cl)c1. The molecule has 2 N–H and O–H groups in total. The van der Waals surface area contributed by atoms with Crippen molar-refractivity contribution in [2.45, 2.75) is 0 Å². The van der Waals surface area contributed by atoms with Crippen molar-refractivity contribution in [3.05, 3.63) is 50.7 Å². The first kappa shape index (κ1) is 13.7. The van der Waals surface area contributed by atoms with E-state index >= 15 is 0 Å². The first-order valence-corrected chi connectivity index (χ1v) is 7.10. The Morgan fingerprint density at radius 1 is 1.15 bits per heavy atom. The van der Waals surface area contributed by atoms with Gasteiger partial charge >= 0.3 is 0 Å². The number of fused-ring (bicyclic) bond motifs is 1. The summed E-state index contributed by atoms with van der Waals surface area (Å²) in [5, 5.41) is 0.829. The van der Waals surface area contributed by atoms with E-state index in [0.29, 0.717) is 31.2 Å². The summed E-state index contributed by atoms with van der Waals surface area (Å²) in [5.41, 5.74) is 7.72. The van der Waals surface area contributed by atoms with Gasteiger partial charge in [-0.05, 0) is 40.2 Å². The van der Waals surface area contributed by atoms with E-state index in [2.05, 4.69) is 20.9 Å². The molecular weight excluding hydrogens is 368 g/mol. The molecule has 1 heterocycles. The summed E-state index contributed by atoms with van der Waals surface area (Å²) in [6.07, 6.45) is 0. The molecule has 0 radical (unpaired) electrons. The number of nitrogen functional groups attached to an aromatic ring is 1. The molecule has 7 heteroatoms. The highest BCUT2D eigenvalue weighted by Gasteiger charge is 2.13. The first-order valence-electron chi connectivity index (χ1n) is 5.56. The van der Waals surface area contributed by atoms with Crippen molar-refractivity contribution in [2.75, 3.05) is 5.73 Å². The molecule has 3 nitrogen and oxygen atoms in total. The molecule has 0 aliphatic rings. The van der Waals surface area contributed by atoms with Crippen LogP contribution in [0.15, 0.2) is 34.8 Å². The van der Waals surface area contributed by atoms with Crippen molar-refractivity contribution in [1.29, 1.82) is 0 Å². The Morgan fingerprint density at radius 2 is 1.90 bits per heavy atom. The molecule has 0 fully saturated rings. The maximum absolute atomic E-state index is 13.7. The zero-order chi connectivity index (χ0) is 14.4. The molecule has 3 rings (SSSR count). The van der Waals surface area contributed by atoms with E-state index in [9.17, 15) is 4.39 Å². The van der Waals surface area contributed by atoms with Gasteiger partial charge in [0.25, 0.3) is 0 Å². The molecule has 0 atom stereocenters. The fourth-order valence-electron chi connectivity index (χ4n) is 1.99. The normalized spacial score (nSPS) is 11.2. The van der Waals surface area contributed by atoms with Crippen molar-refractivity contribution in [1.82, 2.24) is 9.55 Å². The van der Waals surface area contributed by atoms with Gasteiger partial charge in [0.2, 0.25) is 5.95 Å². The minimum Gasteiger partial charge on any atom is -0.369 e. The van der Waals surface area contributed by atoms with E-state index < -0.39 is 5.82 Å². The highest BCUT2D eigenvalue weighted by Crippen LogP contribution is 2.30. The molecule has 0 saturated heterocycles. The van der Waals surface area contributed by atoms with Gasteiger partial charge in [0.05, 0.1) is 31.2 Å². The van der Waals surface area contributed by atoms with Crippen LogP contribution in [0, 0.1) is 5.82 Å². The van der Waals surface area contributed by atoms with Crippen LogP contribution >= 0.6 is 39.1 Å². The second kappa shape index (κ2) is 4.91. The van der Waals surface area contributed by atoms with Crippen LogP contribution in [0.25, 0.3) is 16.7 Å². The third kappa shape index (κ3) is 2.16. The zero-order valence-corrected chi connectivity index (χ0v) is 13.0. The van der Waals surface area contributed by atoms with E-state index in [1.54, 1.807) is 28.8 Å². The number of rotatable bonds is 1. The van der Waals surface area contributed by atoms with E-state index in [0.717, 1.165) is 0 Å². The molecule has 0 spiro atoms. The molecule has 102 valence electrons. The number of nitrogens with zero attached hydrogens (tertiary/aromatic N) is 2. The Hall–Kier alpha value is -1.30. The van der Waals surface area contributed by atoms with Gasteiger partial charge in [0.15, 0.2) is 0 Å². The summed E-state index contributed by atoms with van der Waals surface area (Å²) in [5.74, 6) is -0.144. The molecule has 0 bridgehead atoms. The van der Waals surface area contributed by atoms with Crippen LogP contribution in [0.1, 0.15) is 0 Å². The lowest BCUT2D eigenvalue weighted by Crippen LogP contribution is -2.00. The van der Waals surface area contributed by atoms with Crippen molar-refractivity contribution in [3.63, 3.8) is 0 Å². The fraction of sp³-hybridized carbons (Fsp3) is 0. The molecule has 3 aromatic rings. The Kier molecular flexibility index (Phi) is 3.36. The summed E-state index contributed by atoms with van der Waals surface area (Å²) < 4.78 is 15.7. The number of nitrogens with two attached hydrogens (primary N) is 1. The van der Waals surface area contributed by atoms with Crippen LogP contribution in [-0.2, 0) is 0 Å². The van der Waals surface area contributed by atoms with Gasteiger partial charge in [-0.25, -0.2) is 9.37 Å². The van der Waals surface area contributed by atoms with Crippen LogP contribution in [0.5, 0.6) is 0 Å². The van der Waals surface area contributed by atoms with E-state index in [1.165, 1.54) is 6.07 Å². The molecule has 0 amide bonds.